The van der Waals surface area contributed by atoms with Crippen molar-refractivity contribution in [2.45, 2.75) is 59.0 Å². The van der Waals surface area contributed by atoms with Crippen LogP contribution in [0.4, 0.5) is 5.69 Å². The van der Waals surface area contributed by atoms with Crippen molar-refractivity contribution in [1.82, 2.24) is 0 Å². The van der Waals surface area contributed by atoms with Gasteiger partial charge in [0, 0.05) is 0 Å². The van der Waals surface area contributed by atoms with Crippen LogP contribution in [0.5, 0.6) is 0 Å². The fourth-order valence-electron chi connectivity index (χ4n) is 2.58. The molecule has 21 heavy (non-hydrogen) atoms. The molecule has 3 nitrogen and oxygen atoms in total. The number of benzene rings is 1. The van der Waals surface area contributed by atoms with E-state index in [9.17, 15) is 0 Å². The minimum atomic E-state index is -0.462. The van der Waals surface area contributed by atoms with E-state index in [0.717, 1.165) is 5.69 Å². The van der Waals surface area contributed by atoms with Crippen LogP contribution in [-0.4, -0.2) is 24.7 Å². The quantitative estimate of drug-likeness (QED) is 0.801. The first-order chi connectivity index (χ1) is 9.83. The first-order valence-corrected chi connectivity index (χ1v) is 7.81. The van der Waals surface area contributed by atoms with Crippen molar-refractivity contribution in [3.63, 3.8) is 0 Å². The summed E-state index contributed by atoms with van der Waals surface area (Å²) in [6.07, 6.45) is 0. The summed E-state index contributed by atoms with van der Waals surface area (Å²) in [5.41, 5.74) is 3.12. The summed E-state index contributed by atoms with van der Waals surface area (Å²) in [5, 5.41) is 0. The third-order valence-corrected chi connectivity index (χ3v) is 3.86. The number of para-hydroxylation sites is 1. The molecule has 0 saturated carbocycles. The highest BCUT2D eigenvalue weighted by molar-refractivity contribution is 5.88. The molecule has 0 radical (unpaired) electrons. The van der Waals surface area contributed by atoms with Crippen molar-refractivity contribution in [2.75, 3.05) is 13.2 Å². The van der Waals surface area contributed by atoms with E-state index in [1.165, 1.54) is 11.1 Å². The summed E-state index contributed by atoms with van der Waals surface area (Å²) in [6.45, 7) is 14.0. The van der Waals surface area contributed by atoms with Gasteiger partial charge in [-0.05, 0) is 36.8 Å². The zero-order valence-electron chi connectivity index (χ0n) is 14.1. The van der Waals surface area contributed by atoms with Crippen LogP contribution in [0.15, 0.2) is 23.2 Å². The van der Waals surface area contributed by atoms with Crippen molar-refractivity contribution < 1.29 is 9.47 Å². The SMILES string of the molecule is CC(C)c1cccc(C(C)C)c1N=C1OCCOC1(C)C. The lowest BCUT2D eigenvalue weighted by Gasteiger charge is -2.32. The van der Waals surface area contributed by atoms with E-state index in [0.29, 0.717) is 30.9 Å². The van der Waals surface area contributed by atoms with Crippen LogP contribution in [0.2, 0.25) is 0 Å². The van der Waals surface area contributed by atoms with Gasteiger partial charge in [0.1, 0.15) is 12.2 Å². The van der Waals surface area contributed by atoms with Gasteiger partial charge in [0.25, 0.3) is 0 Å². The van der Waals surface area contributed by atoms with Crippen molar-refractivity contribution in [2.24, 2.45) is 4.99 Å². The summed E-state index contributed by atoms with van der Waals surface area (Å²) in [6, 6.07) is 6.44. The standard InChI is InChI=1S/C18H27NO2/c1-12(2)14-8-7-9-15(13(3)4)16(14)19-17-18(5,6)21-11-10-20-17/h7-9,12-13H,10-11H2,1-6H3. The lowest BCUT2D eigenvalue weighted by atomic mass is 9.93. The third kappa shape index (κ3) is 3.46. The second-order valence-electron chi connectivity index (χ2n) is 6.72. The Kier molecular flexibility index (Phi) is 4.72. The van der Waals surface area contributed by atoms with Crippen LogP contribution in [-0.2, 0) is 9.47 Å². The Balaban J connectivity index is 2.56. The van der Waals surface area contributed by atoms with E-state index < -0.39 is 5.60 Å². The minimum absolute atomic E-state index is 0.427. The molecule has 0 N–H and O–H groups in total. The summed E-state index contributed by atoms with van der Waals surface area (Å²) in [7, 11) is 0. The molecule has 1 fully saturated rings. The average molecular weight is 289 g/mol. The van der Waals surface area contributed by atoms with Crippen LogP contribution < -0.4 is 0 Å². The predicted molar refractivity (Wildman–Crippen MR) is 87.7 cm³/mol. The minimum Gasteiger partial charge on any atom is -0.476 e. The molecule has 1 aliphatic heterocycles. The van der Waals surface area contributed by atoms with E-state index in [2.05, 4.69) is 45.9 Å². The molecule has 0 amide bonds. The maximum atomic E-state index is 5.80. The fourth-order valence-corrected chi connectivity index (χ4v) is 2.58. The van der Waals surface area contributed by atoms with Gasteiger partial charge in [-0.3, -0.25) is 0 Å². The molecule has 1 aromatic rings. The van der Waals surface area contributed by atoms with E-state index >= 15 is 0 Å². The van der Waals surface area contributed by atoms with Crippen LogP contribution in [0.3, 0.4) is 0 Å². The van der Waals surface area contributed by atoms with Gasteiger partial charge < -0.3 is 9.47 Å². The fraction of sp³-hybridized carbons (Fsp3) is 0.611. The molecule has 2 rings (SSSR count). The Bertz CT molecular complexity index is 504. The molecule has 0 unspecified atom stereocenters. The molecule has 0 aliphatic carbocycles. The van der Waals surface area contributed by atoms with Crippen molar-refractivity contribution in [1.29, 1.82) is 0 Å². The molecule has 1 aromatic carbocycles. The third-order valence-electron chi connectivity index (χ3n) is 3.86. The summed E-state index contributed by atoms with van der Waals surface area (Å²) in [5.74, 6) is 1.54. The number of aliphatic imine (C=N–C) groups is 1. The summed E-state index contributed by atoms with van der Waals surface area (Å²) in [4.78, 5) is 4.88. The highest BCUT2D eigenvalue weighted by Crippen LogP contribution is 2.36. The van der Waals surface area contributed by atoms with E-state index in [-0.39, 0.29) is 0 Å². The van der Waals surface area contributed by atoms with Gasteiger partial charge in [-0.15, -0.1) is 0 Å². The lowest BCUT2D eigenvalue weighted by molar-refractivity contribution is -0.0358. The number of ether oxygens (including phenoxy) is 2. The number of rotatable bonds is 3. The maximum Gasteiger partial charge on any atom is 0.221 e. The first-order valence-electron chi connectivity index (χ1n) is 7.81. The summed E-state index contributed by atoms with van der Waals surface area (Å²) >= 11 is 0. The zero-order valence-corrected chi connectivity index (χ0v) is 14.1. The molecule has 1 aliphatic rings. The molecule has 116 valence electrons. The van der Waals surface area contributed by atoms with Gasteiger partial charge in [-0.25, -0.2) is 4.99 Å². The highest BCUT2D eigenvalue weighted by atomic mass is 16.6. The average Bonchev–Trinajstić information content (AvgIpc) is 2.40. The van der Waals surface area contributed by atoms with Crippen molar-refractivity contribution in [3.05, 3.63) is 29.3 Å². The van der Waals surface area contributed by atoms with Gasteiger partial charge in [-0.1, -0.05) is 45.9 Å². The molecule has 3 heteroatoms. The molecular weight excluding hydrogens is 262 g/mol. The summed E-state index contributed by atoms with van der Waals surface area (Å²) < 4.78 is 11.6. The van der Waals surface area contributed by atoms with E-state index in [1.807, 2.05) is 13.8 Å². The van der Waals surface area contributed by atoms with E-state index in [4.69, 9.17) is 14.5 Å². The lowest BCUT2D eigenvalue weighted by Crippen LogP contribution is -2.42. The smallest absolute Gasteiger partial charge is 0.221 e. The van der Waals surface area contributed by atoms with Gasteiger partial charge in [-0.2, -0.15) is 0 Å². The molecule has 1 heterocycles. The Morgan fingerprint density at radius 3 is 2.05 bits per heavy atom. The molecule has 0 bridgehead atoms. The maximum absolute atomic E-state index is 5.80. The Labute approximate surface area is 128 Å². The van der Waals surface area contributed by atoms with Gasteiger partial charge in [0.2, 0.25) is 5.90 Å². The number of nitrogens with zero attached hydrogens (tertiary/aromatic N) is 1. The van der Waals surface area contributed by atoms with Crippen LogP contribution in [0, 0.1) is 0 Å². The first kappa shape index (κ1) is 16.0. The highest BCUT2D eigenvalue weighted by Gasteiger charge is 2.32. The monoisotopic (exact) mass is 289 g/mol. The van der Waals surface area contributed by atoms with Gasteiger partial charge >= 0.3 is 0 Å². The second kappa shape index (κ2) is 6.18. The number of hydrogen-bond acceptors (Lipinski definition) is 3. The van der Waals surface area contributed by atoms with Crippen molar-refractivity contribution >= 4 is 11.6 Å². The molecule has 0 aromatic heterocycles. The normalized spacial score (nSPS) is 20.1. The molecular formula is C18H27NO2. The van der Waals surface area contributed by atoms with E-state index in [1.54, 1.807) is 0 Å². The van der Waals surface area contributed by atoms with Crippen LogP contribution in [0.25, 0.3) is 0 Å². The number of hydrogen-bond donors (Lipinski definition) is 0. The predicted octanol–water partition coefficient (Wildman–Crippen LogP) is 4.79. The van der Waals surface area contributed by atoms with Gasteiger partial charge in [0.05, 0.1) is 12.3 Å². The molecule has 0 atom stereocenters. The topological polar surface area (TPSA) is 30.8 Å². The molecule has 0 spiro atoms. The Morgan fingerprint density at radius 1 is 1.00 bits per heavy atom. The molecule has 1 saturated heterocycles. The zero-order chi connectivity index (χ0) is 15.6. The van der Waals surface area contributed by atoms with Crippen molar-refractivity contribution in [3.8, 4) is 0 Å². The van der Waals surface area contributed by atoms with Crippen LogP contribution in [0.1, 0.15) is 64.5 Å². The Hall–Kier alpha value is -1.35. The Morgan fingerprint density at radius 2 is 1.57 bits per heavy atom. The largest absolute Gasteiger partial charge is 0.476 e. The second-order valence-corrected chi connectivity index (χ2v) is 6.72. The van der Waals surface area contributed by atoms with Gasteiger partial charge in [0.15, 0.2) is 0 Å². The van der Waals surface area contributed by atoms with Crippen LogP contribution >= 0.6 is 0 Å².